The minimum Gasteiger partial charge on any atom is -0.338 e. The van der Waals surface area contributed by atoms with Gasteiger partial charge in [-0.3, -0.25) is 9.36 Å². The Morgan fingerprint density at radius 3 is 2.83 bits per heavy atom. The average molecular weight is 411 g/mol. The molecule has 0 atom stereocenters. The molecule has 0 N–H and O–H groups in total. The van der Waals surface area contributed by atoms with Crippen molar-refractivity contribution in [1.82, 2.24) is 19.7 Å². The van der Waals surface area contributed by atoms with Gasteiger partial charge in [0.2, 0.25) is 5.89 Å². The van der Waals surface area contributed by atoms with E-state index in [0.29, 0.717) is 34.6 Å². The SMILES string of the molecule is CC(C)c1noc(CSc2nc3ccccc3c(=O)n2CCC2=CCCCC2)n1. The van der Waals surface area contributed by atoms with Crippen LogP contribution in [0.2, 0.25) is 0 Å². The van der Waals surface area contributed by atoms with Gasteiger partial charge in [0.25, 0.3) is 5.56 Å². The number of benzene rings is 1. The number of thioether (sulfide) groups is 1. The summed E-state index contributed by atoms with van der Waals surface area (Å²) in [4.78, 5) is 22.4. The van der Waals surface area contributed by atoms with E-state index in [0.717, 1.165) is 24.8 Å². The molecule has 0 aliphatic heterocycles. The zero-order valence-corrected chi connectivity index (χ0v) is 17.7. The molecule has 1 aromatic carbocycles. The molecule has 0 radical (unpaired) electrons. The Morgan fingerprint density at radius 1 is 1.21 bits per heavy atom. The van der Waals surface area contributed by atoms with Crippen LogP contribution in [0.15, 0.2) is 50.4 Å². The first-order valence-electron chi connectivity index (χ1n) is 10.2. The maximum absolute atomic E-state index is 13.2. The predicted molar refractivity (Wildman–Crippen MR) is 115 cm³/mol. The molecule has 0 amide bonds. The first kappa shape index (κ1) is 19.9. The van der Waals surface area contributed by atoms with Gasteiger partial charge in [0, 0.05) is 12.5 Å². The molecule has 1 aliphatic carbocycles. The first-order valence-corrected chi connectivity index (χ1v) is 11.2. The van der Waals surface area contributed by atoms with Gasteiger partial charge in [-0.05, 0) is 44.2 Å². The third-order valence-electron chi connectivity index (χ3n) is 5.19. The number of hydrogen-bond acceptors (Lipinski definition) is 6. The normalized spacial score (nSPS) is 14.5. The largest absolute Gasteiger partial charge is 0.338 e. The standard InChI is InChI=1S/C22H26N4O2S/c1-15(2)20-24-19(28-25-20)14-29-22-23-18-11-7-6-10-17(18)21(27)26(22)13-12-16-8-4-3-5-9-16/h6-8,10-11,15H,3-5,9,12-14H2,1-2H3. The maximum atomic E-state index is 13.2. The number of aromatic nitrogens is 4. The molecule has 7 heteroatoms. The Labute approximate surface area is 174 Å². The quantitative estimate of drug-likeness (QED) is 0.307. The summed E-state index contributed by atoms with van der Waals surface area (Å²) in [5.74, 6) is 1.97. The number of para-hydroxylation sites is 1. The minimum atomic E-state index is 0.0166. The third kappa shape index (κ3) is 4.61. The van der Waals surface area contributed by atoms with Crippen LogP contribution in [0.4, 0.5) is 0 Å². The van der Waals surface area contributed by atoms with Crippen LogP contribution in [0.25, 0.3) is 10.9 Å². The number of rotatable bonds is 7. The van der Waals surface area contributed by atoms with Crippen molar-refractivity contribution in [2.75, 3.05) is 0 Å². The van der Waals surface area contributed by atoms with Gasteiger partial charge >= 0.3 is 0 Å². The molecule has 0 bridgehead atoms. The highest BCUT2D eigenvalue weighted by molar-refractivity contribution is 7.98. The Hall–Kier alpha value is -2.41. The van der Waals surface area contributed by atoms with E-state index in [4.69, 9.17) is 9.51 Å². The van der Waals surface area contributed by atoms with Crippen molar-refractivity contribution in [3.8, 4) is 0 Å². The van der Waals surface area contributed by atoms with Crippen molar-refractivity contribution in [2.24, 2.45) is 0 Å². The van der Waals surface area contributed by atoms with E-state index in [9.17, 15) is 4.79 Å². The molecule has 29 heavy (non-hydrogen) atoms. The van der Waals surface area contributed by atoms with Crippen molar-refractivity contribution >= 4 is 22.7 Å². The Bertz CT molecular complexity index is 1080. The highest BCUT2D eigenvalue weighted by atomic mass is 32.2. The molecular weight excluding hydrogens is 384 g/mol. The Morgan fingerprint density at radius 2 is 2.07 bits per heavy atom. The monoisotopic (exact) mass is 410 g/mol. The zero-order chi connectivity index (χ0) is 20.2. The third-order valence-corrected chi connectivity index (χ3v) is 6.15. The fraction of sp³-hybridized carbons (Fsp3) is 0.455. The van der Waals surface area contributed by atoms with E-state index in [1.165, 1.54) is 30.2 Å². The van der Waals surface area contributed by atoms with Crippen molar-refractivity contribution in [1.29, 1.82) is 0 Å². The van der Waals surface area contributed by atoms with Gasteiger partial charge in [0.05, 0.1) is 16.7 Å². The second-order valence-corrected chi connectivity index (χ2v) is 8.66. The number of fused-ring (bicyclic) bond motifs is 1. The lowest BCUT2D eigenvalue weighted by molar-refractivity contribution is 0.382. The number of allylic oxidation sites excluding steroid dienone is 2. The summed E-state index contributed by atoms with van der Waals surface area (Å²) in [5, 5.41) is 5.38. The fourth-order valence-electron chi connectivity index (χ4n) is 3.53. The molecule has 0 saturated carbocycles. The molecule has 0 spiro atoms. The van der Waals surface area contributed by atoms with Crippen LogP contribution < -0.4 is 5.56 Å². The van der Waals surface area contributed by atoms with Crippen LogP contribution in [0, 0.1) is 0 Å². The predicted octanol–water partition coefficient (Wildman–Crippen LogP) is 5.09. The molecule has 0 saturated heterocycles. The zero-order valence-electron chi connectivity index (χ0n) is 16.9. The van der Waals surface area contributed by atoms with E-state index >= 15 is 0 Å². The molecule has 2 heterocycles. The molecular formula is C22H26N4O2S. The van der Waals surface area contributed by atoms with E-state index in [-0.39, 0.29) is 11.5 Å². The summed E-state index contributed by atoms with van der Waals surface area (Å²) in [7, 11) is 0. The van der Waals surface area contributed by atoms with Gasteiger partial charge < -0.3 is 4.52 Å². The lowest BCUT2D eigenvalue weighted by Crippen LogP contribution is -2.24. The van der Waals surface area contributed by atoms with Gasteiger partial charge in [0.1, 0.15) is 0 Å². The lowest BCUT2D eigenvalue weighted by atomic mass is 9.97. The summed E-state index contributed by atoms with van der Waals surface area (Å²) in [6, 6.07) is 7.53. The Balaban J connectivity index is 1.61. The van der Waals surface area contributed by atoms with Gasteiger partial charge in [-0.1, -0.05) is 54.5 Å². The molecule has 2 aromatic heterocycles. The van der Waals surface area contributed by atoms with Gasteiger partial charge in [-0.15, -0.1) is 0 Å². The number of nitrogens with zero attached hydrogens (tertiary/aromatic N) is 4. The van der Waals surface area contributed by atoms with Crippen molar-refractivity contribution < 1.29 is 4.52 Å². The lowest BCUT2D eigenvalue weighted by Gasteiger charge is -2.16. The van der Waals surface area contributed by atoms with E-state index in [2.05, 4.69) is 16.2 Å². The van der Waals surface area contributed by atoms with Crippen LogP contribution in [-0.2, 0) is 12.3 Å². The number of hydrogen-bond donors (Lipinski definition) is 0. The van der Waals surface area contributed by atoms with Crippen LogP contribution in [0.1, 0.15) is 63.6 Å². The first-order chi connectivity index (χ1) is 14.1. The van der Waals surface area contributed by atoms with Gasteiger partial charge in [-0.25, -0.2) is 4.98 Å². The minimum absolute atomic E-state index is 0.0166. The van der Waals surface area contributed by atoms with Crippen LogP contribution in [0.3, 0.4) is 0 Å². The van der Waals surface area contributed by atoms with E-state index in [1.807, 2.05) is 42.7 Å². The van der Waals surface area contributed by atoms with Crippen LogP contribution in [0.5, 0.6) is 0 Å². The van der Waals surface area contributed by atoms with Gasteiger partial charge in [-0.2, -0.15) is 4.98 Å². The van der Waals surface area contributed by atoms with Crippen LogP contribution in [-0.4, -0.2) is 19.7 Å². The Kier molecular flexibility index (Phi) is 6.13. The van der Waals surface area contributed by atoms with Crippen molar-refractivity contribution in [3.63, 3.8) is 0 Å². The summed E-state index contributed by atoms with van der Waals surface area (Å²) in [5.41, 5.74) is 2.19. The summed E-state index contributed by atoms with van der Waals surface area (Å²) in [6.07, 6.45) is 8.03. The highest BCUT2D eigenvalue weighted by Crippen LogP contribution is 2.25. The second-order valence-electron chi connectivity index (χ2n) is 7.72. The van der Waals surface area contributed by atoms with Crippen LogP contribution >= 0.6 is 11.8 Å². The second kappa shape index (κ2) is 8.95. The van der Waals surface area contributed by atoms with E-state index < -0.39 is 0 Å². The molecule has 0 fully saturated rings. The molecule has 0 unspecified atom stereocenters. The smallest absolute Gasteiger partial charge is 0.262 e. The molecule has 3 aromatic rings. The van der Waals surface area contributed by atoms with Crippen molar-refractivity contribution in [3.05, 3.63) is 58.0 Å². The summed E-state index contributed by atoms with van der Waals surface area (Å²) >= 11 is 1.48. The molecule has 4 rings (SSSR count). The maximum Gasteiger partial charge on any atom is 0.262 e. The topological polar surface area (TPSA) is 73.8 Å². The van der Waals surface area contributed by atoms with Crippen molar-refractivity contribution in [2.45, 2.75) is 69.3 Å². The summed E-state index contributed by atoms with van der Waals surface area (Å²) in [6.45, 7) is 4.71. The average Bonchev–Trinajstić information content (AvgIpc) is 3.22. The highest BCUT2D eigenvalue weighted by Gasteiger charge is 2.15. The fourth-order valence-corrected chi connectivity index (χ4v) is 4.39. The molecule has 152 valence electrons. The summed E-state index contributed by atoms with van der Waals surface area (Å²) < 4.78 is 7.16. The molecule has 6 nitrogen and oxygen atoms in total. The molecule has 1 aliphatic rings. The van der Waals surface area contributed by atoms with Gasteiger partial charge in [0.15, 0.2) is 11.0 Å². The van der Waals surface area contributed by atoms with E-state index in [1.54, 1.807) is 0 Å².